The van der Waals surface area contributed by atoms with Gasteiger partial charge in [0.2, 0.25) is 0 Å². The maximum absolute atomic E-state index is 12.8. The van der Waals surface area contributed by atoms with E-state index in [2.05, 4.69) is 16.8 Å². The molecule has 0 bridgehead atoms. The molecule has 1 heterocycles. The number of hydrogen-bond acceptors (Lipinski definition) is 3. The molecule has 0 atom stereocenters. The molecule has 0 N–H and O–H groups in total. The van der Waals surface area contributed by atoms with Gasteiger partial charge in [0.1, 0.15) is 6.61 Å². The first-order chi connectivity index (χ1) is 9.47. The first-order valence-electron chi connectivity index (χ1n) is 6.79. The third-order valence-electron chi connectivity index (χ3n) is 3.53. The molecule has 1 aromatic carbocycles. The second-order valence-corrected chi connectivity index (χ2v) is 5.11. The molecule has 3 nitrogen and oxygen atoms in total. The predicted molar refractivity (Wildman–Crippen MR) is 74.6 cm³/mol. The number of rotatable bonds is 5. The molecule has 1 aliphatic heterocycles. The smallest absolute Gasteiger partial charge is 0.495 e. The van der Waals surface area contributed by atoms with Crippen molar-refractivity contribution in [1.29, 1.82) is 0 Å². The Morgan fingerprint density at radius 3 is 2.33 bits per heavy atom. The van der Waals surface area contributed by atoms with Gasteiger partial charge in [-0.2, -0.15) is 0 Å². The number of hydrogen-bond donors (Lipinski definition) is 0. The zero-order valence-electron chi connectivity index (χ0n) is 12.6. The van der Waals surface area contributed by atoms with Crippen LogP contribution in [-0.4, -0.2) is 63.2 Å². The predicted octanol–water partition coefficient (Wildman–Crippen LogP) is -1.63. The zero-order valence-corrected chi connectivity index (χ0v) is 15.7. The Morgan fingerprint density at radius 2 is 1.71 bits per heavy atom. The van der Waals surface area contributed by atoms with Crippen molar-refractivity contribution in [1.82, 2.24) is 9.80 Å². The monoisotopic (exact) mass is 326 g/mol. The van der Waals surface area contributed by atoms with Crippen molar-refractivity contribution in [3.63, 3.8) is 0 Å². The third-order valence-corrected chi connectivity index (χ3v) is 3.53. The summed E-state index contributed by atoms with van der Waals surface area (Å²) < 4.78 is 43.9. The van der Waals surface area contributed by atoms with E-state index < -0.39 is 12.4 Å². The third kappa shape index (κ3) is 6.21. The summed E-state index contributed by atoms with van der Waals surface area (Å²) >= 11 is 0. The zero-order chi connectivity index (χ0) is 14.6. The van der Waals surface area contributed by atoms with Crippen LogP contribution in [-0.2, 0) is 0 Å². The van der Waals surface area contributed by atoms with Crippen molar-refractivity contribution in [3.8, 4) is 5.75 Å². The Balaban J connectivity index is 0.00000220. The van der Waals surface area contributed by atoms with E-state index in [0.29, 0.717) is 6.54 Å². The molecule has 8 heteroatoms. The van der Waals surface area contributed by atoms with Crippen LogP contribution in [0.15, 0.2) is 24.3 Å². The molecule has 0 spiro atoms. The average Bonchev–Trinajstić information content (AvgIpc) is 2.40. The Kier molecular flexibility index (Phi) is 8.26. The molecule has 0 saturated carbocycles. The number of ether oxygens (including phenoxy) is 1. The van der Waals surface area contributed by atoms with Crippen molar-refractivity contribution in [3.05, 3.63) is 24.3 Å². The van der Waals surface area contributed by atoms with E-state index in [0.717, 1.165) is 32.2 Å². The summed E-state index contributed by atoms with van der Waals surface area (Å²) in [6.07, 6.45) is 0. The fourth-order valence-corrected chi connectivity index (χ4v) is 2.24. The van der Waals surface area contributed by atoms with Crippen LogP contribution >= 0.6 is 0 Å². The molecule has 21 heavy (non-hydrogen) atoms. The minimum atomic E-state index is -5.02. The van der Waals surface area contributed by atoms with Crippen molar-refractivity contribution < 1.29 is 69.1 Å². The van der Waals surface area contributed by atoms with Gasteiger partial charge in [-0.1, -0.05) is 23.7 Å². The van der Waals surface area contributed by atoms with Crippen LogP contribution in [0.3, 0.4) is 0 Å². The van der Waals surface area contributed by atoms with Gasteiger partial charge in [-0.15, -0.1) is 0 Å². The average molecular weight is 326 g/mol. The molecule has 112 valence electrons. The molecule has 1 aromatic rings. The van der Waals surface area contributed by atoms with Crippen LogP contribution in [0.4, 0.5) is 12.9 Å². The van der Waals surface area contributed by atoms with E-state index >= 15 is 0 Å². The second kappa shape index (κ2) is 8.91. The standard InChI is InChI=1S/C13H19BF3N2O.K/c1-18-6-8-19(9-7-18)10-11-20-13-5-3-2-4-12(13)14(15,16)17;/h2-5H,6-11H2,1H3;/q-1;+1. The summed E-state index contributed by atoms with van der Waals surface area (Å²) in [5.74, 6) is -0.0610. The van der Waals surface area contributed by atoms with Gasteiger partial charge in [0.15, 0.2) is 0 Å². The summed E-state index contributed by atoms with van der Waals surface area (Å²) in [7, 11) is 2.06. The summed E-state index contributed by atoms with van der Waals surface area (Å²) in [5.41, 5.74) is -0.647. The van der Waals surface area contributed by atoms with Gasteiger partial charge >= 0.3 is 58.4 Å². The fraction of sp³-hybridized carbons (Fsp3) is 0.538. The van der Waals surface area contributed by atoms with Crippen LogP contribution in [0.1, 0.15) is 0 Å². The number of likely N-dealkylation sites (N-methyl/N-ethyl adjacent to an activating group) is 1. The van der Waals surface area contributed by atoms with Gasteiger partial charge in [0, 0.05) is 32.7 Å². The SMILES string of the molecule is CN1CCN(CCOc2ccccc2[B-](F)(F)F)CC1.[K+]. The maximum Gasteiger partial charge on any atom is 1.00 e. The van der Waals surface area contributed by atoms with Crippen molar-refractivity contribution in [2.24, 2.45) is 0 Å². The topological polar surface area (TPSA) is 15.7 Å². The van der Waals surface area contributed by atoms with Crippen molar-refractivity contribution in [2.45, 2.75) is 0 Å². The van der Waals surface area contributed by atoms with E-state index in [1.165, 1.54) is 12.1 Å². The number of para-hydroxylation sites is 1. The first-order valence-corrected chi connectivity index (χ1v) is 6.79. The summed E-state index contributed by atoms with van der Waals surface area (Å²) in [6, 6.07) is 5.41. The molecule has 1 fully saturated rings. The first kappa shape index (κ1) is 19.5. The molecule has 0 radical (unpaired) electrons. The molecule has 0 amide bonds. The molecular formula is C13H19BF3KN2O. The van der Waals surface area contributed by atoms with Crippen LogP contribution < -0.4 is 61.6 Å². The minimum absolute atomic E-state index is 0. The van der Waals surface area contributed by atoms with Gasteiger partial charge in [-0.05, 0) is 13.1 Å². The van der Waals surface area contributed by atoms with Crippen molar-refractivity contribution >= 4 is 12.4 Å². The maximum atomic E-state index is 12.8. The normalized spacial score (nSPS) is 17.3. The molecule has 1 aliphatic rings. The molecule has 1 saturated heterocycles. The van der Waals surface area contributed by atoms with Gasteiger partial charge in [0.05, 0.1) is 5.75 Å². The Bertz CT molecular complexity index is 440. The van der Waals surface area contributed by atoms with Crippen LogP contribution in [0.2, 0.25) is 0 Å². The summed E-state index contributed by atoms with van der Waals surface area (Å²) in [5, 5.41) is 0. The minimum Gasteiger partial charge on any atom is -0.495 e. The largest absolute Gasteiger partial charge is 1.00 e. The van der Waals surface area contributed by atoms with Crippen molar-refractivity contribution in [2.75, 3.05) is 46.4 Å². The van der Waals surface area contributed by atoms with Gasteiger partial charge < -0.3 is 22.6 Å². The van der Waals surface area contributed by atoms with Gasteiger partial charge in [-0.25, -0.2) is 0 Å². The van der Waals surface area contributed by atoms with E-state index in [4.69, 9.17) is 4.74 Å². The molecular weight excluding hydrogens is 307 g/mol. The number of piperazine rings is 1. The molecule has 0 unspecified atom stereocenters. The summed E-state index contributed by atoms with van der Waals surface area (Å²) in [6.45, 7) is -0.232. The van der Waals surface area contributed by atoms with E-state index in [-0.39, 0.29) is 63.7 Å². The molecule has 0 aliphatic carbocycles. The Labute approximate surface area is 166 Å². The number of nitrogens with zero attached hydrogens (tertiary/aromatic N) is 2. The number of benzene rings is 1. The summed E-state index contributed by atoms with van der Waals surface area (Å²) in [4.78, 5) is 4.44. The number of halogens is 3. The van der Waals surface area contributed by atoms with Crippen LogP contribution in [0.25, 0.3) is 0 Å². The van der Waals surface area contributed by atoms with E-state index in [9.17, 15) is 12.9 Å². The molecule has 2 rings (SSSR count). The van der Waals surface area contributed by atoms with Crippen LogP contribution in [0.5, 0.6) is 5.75 Å². The fourth-order valence-electron chi connectivity index (χ4n) is 2.24. The van der Waals surface area contributed by atoms with Gasteiger partial charge in [-0.3, -0.25) is 4.90 Å². The Morgan fingerprint density at radius 1 is 1.10 bits per heavy atom. The Hall–Kier alpha value is 0.431. The second-order valence-electron chi connectivity index (χ2n) is 5.11. The quantitative estimate of drug-likeness (QED) is 0.605. The van der Waals surface area contributed by atoms with E-state index in [1.54, 1.807) is 6.07 Å². The van der Waals surface area contributed by atoms with Crippen LogP contribution in [0, 0.1) is 0 Å². The van der Waals surface area contributed by atoms with Gasteiger partial charge in [0.25, 0.3) is 0 Å². The molecule has 0 aromatic heterocycles. The van der Waals surface area contributed by atoms with E-state index in [1.807, 2.05) is 0 Å².